The molecule has 1 heterocycles. The Morgan fingerprint density at radius 2 is 1.96 bits per heavy atom. The normalized spacial score (nSPS) is 16.3. The summed E-state index contributed by atoms with van der Waals surface area (Å²) in [4.78, 5) is 36.6. The maximum absolute atomic E-state index is 13.8. The van der Waals surface area contributed by atoms with Crippen molar-refractivity contribution in [1.29, 1.82) is 0 Å². The fourth-order valence-electron chi connectivity index (χ4n) is 2.43. The molecule has 1 atom stereocenters. The molecule has 1 aliphatic rings. The highest BCUT2D eigenvalue weighted by Crippen LogP contribution is 2.21. The summed E-state index contributed by atoms with van der Waals surface area (Å²) >= 11 is 3.13. The lowest BCUT2D eigenvalue weighted by Gasteiger charge is -2.14. The molecule has 1 aliphatic heterocycles. The van der Waals surface area contributed by atoms with Crippen LogP contribution in [-0.2, 0) is 9.59 Å². The fraction of sp³-hybridized carbons (Fsp3) is 0.118. The second-order valence-electron chi connectivity index (χ2n) is 5.44. The summed E-state index contributed by atoms with van der Waals surface area (Å²) in [6, 6.07) is 9.68. The predicted octanol–water partition coefficient (Wildman–Crippen LogP) is 2.67. The van der Waals surface area contributed by atoms with E-state index >= 15 is 0 Å². The molecule has 0 saturated heterocycles. The molecule has 2 aromatic carbocycles. The Hall–Kier alpha value is -2.74. The molecule has 0 bridgehead atoms. The van der Waals surface area contributed by atoms with E-state index in [1.807, 2.05) is 0 Å². The third-order valence-corrected chi connectivity index (χ3v) is 4.14. The van der Waals surface area contributed by atoms with Crippen molar-refractivity contribution in [3.05, 3.63) is 58.3 Å². The highest BCUT2D eigenvalue weighted by molar-refractivity contribution is 9.10. The average Bonchev–Trinajstić information content (AvgIpc) is 2.68. The van der Waals surface area contributed by atoms with Crippen molar-refractivity contribution in [3.8, 4) is 0 Å². The highest BCUT2D eigenvalue weighted by Gasteiger charge is 2.29. The lowest BCUT2D eigenvalue weighted by molar-refractivity contribution is -0.122. The van der Waals surface area contributed by atoms with Crippen LogP contribution in [0.25, 0.3) is 0 Å². The van der Waals surface area contributed by atoms with Gasteiger partial charge >= 0.3 is 0 Å². The number of nitrogens with one attached hydrogen (secondary N) is 3. The molecule has 3 rings (SSSR count). The molecule has 3 amide bonds. The van der Waals surface area contributed by atoms with E-state index in [2.05, 4.69) is 31.9 Å². The SMILES string of the molecule is O=C(C[C@@H]1NC(=O)c2ccccc2NC1=O)Nc1ccc(Br)cc1F. The Bertz CT molecular complexity index is 872. The van der Waals surface area contributed by atoms with Crippen LogP contribution in [0.4, 0.5) is 15.8 Å². The van der Waals surface area contributed by atoms with Gasteiger partial charge in [0.1, 0.15) is 11.9 Å². The average molecular weight is 406 g/mol. The summed E-state index contributed by atoms with van der Waals surface area (Å²) in [7, 11) is 0. The van der Waals surface area contributed by atoms with E-state index in [1.54, 1.807) is 30.3 Å². The first-order valence-electron chi connectivity index (χ1n) is 7.39. The third-order valence-electron chi connectivity index (χ3n) is 3.65. The summed E-state index contributed by atoms with van der Waals surface area (Å²) in [6.45, 7) is 0. The van der Waals surface area contributed by atoms with Gasteiger partial charge in [-0.2, -0.15) is 0 Å². The van der Waals surface area contributed by atoms with Gasteiger partial charge in [-0.05, 0) is 30.3 Å². The number of carbonyl (C=O) groups is 3. The Morgan fingerprint density at radius 3 is 2.72 bits per heavy atom. The Morgan fingerprint density at radius 1 is 1.20 bits per heavy atom. The van der Waals surface area contributed by atoms with Gasteiger partial charge in [0.15, 0.2) is 0 Å². The van der Waals surface area contributed by atoms with Crippen LogP contribution in [0, 0.1) is 5.82 Å². The summed E-state index contributed by atoms with van der Waals surface area (Å²) < 4.78 is 14.3. The summed E-state index contributed by atoms with van der Waals surface area (Å²) in [6.07, 6.45) is -0.318. The molecule has 0 aromatic heterocycles. The second kappa shape index (κ2) is 7.02. The molecule has 6 nitrogen and oxygen atoms in total. The maximum Gasteiger partial charge on any atom is 0.254 e. The molecule has 25 heavy (non-hydrogen) atoms. The first-order valence-corrected chi connectivity index (χ1v) is 8.19. The van der Waals surface area contributed by atoms with Gasteiger partial charge in [-0.1, -0.05) is 28.1 Å². The van der Waals surface area contributed by atoms with E-state index in [9.17, 15) is 18.8 Å². The van der Waals surface area contributed by atoms with Gasteiger partial charge in [-0.3, -0.25) is 14.4 Å². The Labute approximate surface area is 150 Å². The molecule has 2 aromatic rings. The van der Waals surface area contributed by atoms with Gasteiger partial charge in [0.2, 0.25) is 11.8 Å². The maximum atomic E-state index is 13.8. The predicted molar refractivity (Wildman–Crippen MR) is 93.7 cm³/mol. The van der Waals surface area contributed by atoms with E-state index < -0.39 is 29.6 Å². The number of amides is 3. The quantitative estimate of drug-likeness (QED) is 0.733. The molecule has 0 aliphatic carbocycles. The van der Waals surface area contributed by atoms with Gasteiger partial charge in [-0.25, -0.2) is 4.39 Å². The topological polar surface area (TPSA) is 87.3 Å². The van der Waals surface area contributed by atoms with Crippen LogP contribution in [0.1, 0.15) is 16.8 Å². The van der Waals surface area contributed by atoms with Crippen LogP contribution in [0.15, 0.2) is 46.9 Å². The molecule has 0 fully saturated rings. The monoisotopic (exact) mass is 405 g/mol. The number of halogens is 2. The van der Waals surface area contributed by atoms with E-state index in [0.717, 1.165) is 0 Å². The van der Waals surface area contributed by atoms with Crippen molar-refractivity contribution in [1.82, 2.24) is 5.32 Å². The minimum Gasteiger partial charge on any atom is -0.340 e. The second-order valence-corrected chi connectivity index (χ2v) is 6.35. The summed E-state index contributed by atoms with van der Waals surface area (Å²) in [5.41, 5.74) is 0.696. The zero-order valence-electron chi connectivity index (χ0n) is 12.8. The lowest BCUT2D eigenvalue weighted by atomic mass is 10.1. The van der Waals surface area contributed by atoms with Crippen molar-refractivity contribution in [2.45, 2.75) is 12.5 Å². The third kappa shape index (κ3) is 3.85. The van der Waals surface area contributed by atoms with E-state index in [-0.39, 0.29) is 12.1 Å². The number of hydrogen-bond donors (Lipinski definition) is 3. The van der Waals surface area contributed by atoms with Crippen LogP contribution in [0.3, 0.4) is 0 Å². The van der Waals surface area contributed by atoms with Crippen molar-refractivity contribution in [3.63, 3.8) is 0 Å². The summed E-state index contributed by atoms with van der Waals surface area (Å²) in [5, 5.41) is 7.52. The molecular formula is C17H13BrFN3O3. The van der Waals surface area contributed by atoms with Crippen molar-refractivity contribution < 1.29 is 18.8 Å². The zero-order valence-corrected chi connectivity index (χ0v) is 14.4. The molecule has 0 saturated carbocycles. The molecule has 0 spiro atoms. The minimum atomic E-state index is -1.06. The standard InChI is InChI=1S/C17H13BrFN3O3/c18-9-5-6-13(11(19)7-9)20-15(23)8-14-17(25)21-12-4-2-1-3-10(12)16(24)22-14/h1-7,14H,8H2,(H,20,23)(H,21,25)(H,22,24)/t14-/m0/s1. The number of benzene rings is 2. The van der Waals surface area contributed by atoms with Crippen molar-refractivity contribution >= 4 is 45.0 Å². The molecule has 0 unspecified atom stereocenters. The van der Waals surface area contributed by atoms with Crippen LogP contribution < -0.4 is 16.0 Å². The van der Waals surface area contributed by atoms with E-state index in [0.29, 0.717) is 15.7 Å². The Balaban J connectivity index is 1.71. The number of anilines is 2. The van der Waals surface area contributed by atoms with Crippen molar-refractivity contribution in [2.24, 2.45) is 0 Å². The first-order chi connectivity index (χ1) is 11.9. The van der Waals surface area contributed by atoms with E-state index in [4.69, 9.17) is 0 Å². The molecule has 0 radical (unpaired) electrons. The van der Waals surface area contributed by atoms with Crippen LogP contribution in [-0.4, -0.2) is 23.8 Å². The number of rotatable bonds is 3. The molecule has 8 heteroatoms. The van der Waals surface area contributed by atoms with Gasteiger partial charge in [0, 0.05) is 4.47 Å². The number of hydrogen-bond acceptors (Lipinski definition) is 3. The number of para-hydroxylation sites is 1. The zero-order chi connectivity index (χ0) is 18.0. The molecule has 128 valence electrons. The fourth-order valence-corrected chi connectivity index (χ4v) is 2.77. The van der Waals surface area contributed by atoms with Crippen LogP contribution in [0.5, 0.6) is 0 Å². The van der Waals surface area contributed by atoms with Crippen LogP contribution in [0.2, 0.25) is 0 Å². The van der Waals surface area contributed by atoms with Gasteiger partial charge in [0.25, 0.3) is 5.91 Å². The largest absolute Gasteiger partial charge is 0.340 e. The lowest BCUT2D eigenvalue weighted by Crippen LogP contribution is -2.43. The first kappa shape index (κ1) is 17.1. The molecule has 3 N–H and O–H groups in total. The van der Waals surface area contributed by atoms with Gasteiger partial charge < -0.3 is 16.0 Å². The Kier molecular flexibility index (Phi) is 4.80. The smallest absolute Gasteiger partial charge is 0.254 e. The van der Waals surface area contributed by atoms with Gasteiger partial charge in [0.05, 0.1) is 23.4 Å². The molecular weight excluding hydrogens is 393 g/mol. The summed E-state index contributed by atoms with van der Waals surface area (Å²) in [5.74, 6) is -2.16. The number of carbonyl (C=O) groups excluding carboxylic acids is 3. The van der Waals surface area contributed by atoms with Crippen LogP contribution >= 0.6 is 15.9 Å². The van der Waals surface area contributed by atoms with Gasteiger partial charge in [-0.15, -0.1) is 0 Å². The minimum absolute atomic E-state index is 0.00292. The van der Waals surface area contributed by atoms with Crippen molar-refractivity contribution in [2.75, 3.05) is 10.6 Å². The van der Waals surface area contributed by atoms with E-state index in [1.165, 1.54) is 12.1 Å². The number of fused-ring (bicyclic) bond motifs is 1. The highest BCUT2D eigenvalue weighted by atomic mass is 79.9.